The van der Waals surface area contributed by atoms with Crippen molar-refractivity contribution in [1.29, 1.82) is 0 Å². The lowest BCUT2D eigenvalue weighted by Crippen LogP contribution is -2.50. The second-order valence-corrected chi connectivity index (χ2v) is 12.4. The lowest BCUT2D eigenvalue weighted by molar-refractivity contribution is 0.0698. The van der Waals surface area contributed by atoms with E-state index in [4.69, 9.17) is 0 Å². The van der Waals surface area contributed by atoms with Gasteiger partial charge in [0.05, 0.1) is 16.3 Å². The van der Waals surface area contributed by atoms with Gasteiger partial charge in [-0.05, 0) is 53.6 Å². The maximum Gasteiger partial charge on any atom is 0.253 e. The van der Waals surface area contributed by atoms with Crippen molar-refractivity contribution in [2.24, 2.45) is 0 Å². The van der Waals surface area contributed by atoms with E-state index < -0.39 is 20.0 Å². The number of hydrogen-bond donors (Lipinski definition) is 0. The predicted molar refractivity (Wildman–Crippen MR) is 131 cm³/mol. The second kappa shape index (κ2) is 8.68. The molecule has 0 N–H and O–H groups in total. The molecular formula is C24H25N3O5S2. The van der Waals surface area contributed by atoms with Gasteiger partial charge in [0.15, 0.2) is 0 Å². The van der Waals surface area contributed by atoms with Crippen LogP contribution in [-0.2, 0) is 20.0 Å². The Morgan fingerprint density at radius 1 is 0.794 bits per heavy atom. The maximum atomic E-state index is 13.2. The zero-order valence-electron chi connectivity index (χ0n) is 18.5. The molecule has 2 heterocycles. The Morgan fingerprint density at radius 3 is 2.12 bits per heavy atom. The Morgan fingerprint density at radius 2 is 1.47 bits per heavy atom. The van der Waals surface area contributed by atoms with Gasteiger partial charge in [-0.15, -0.1) is 0 Å². The van der Waals surface area contributed by atoms with Gasteiger partial charge in [0, 0.05) is 38.3 Å². The SMILES string of the molecule is O=C(c1ccc(N2CCCS2(=O)=O)cc1)N1CCN(S(=O)(=O)c2ccc3ccccc3c2)CC1. The first-order valence-corrected chi connectivity index (χ1v) is 14.2. The van der Waals surface area contributed by atoms with E-state index in [1.54, 1.807) is 47.4 Å². The minimum atomic E-state index is -3.66. The third-order valence-corrected chi connectivity index (χ3v) is 10.2. The summed E-state index contributed by atoms with van der Waals surface area (Å²) in [6.07, 6.45) is 0.593. The molecule has 0 unspecified atom stereocenters. The van der Waals surface area contributed by atoms with Crippen LogP contribution in [0.3, 0.4) is 0 Å². The van der Waals surface area contributed by atoms with Crippen molar-refractivity contribution >= 4 is 42.4 Å². The summed E-state index contributed by atoms with van der Waals surface area (Å²) in [5.74, 6) is -0.0568. The van der Waals surface area contributed by atoms with E-state index in [1.807, 2.05) is 24.3 Å². The molecule has 2 saturated heterocycles. The number of piperazine rings is 1. The van der Waals surface area contributed by atoms with Gasteiger partial charge in [-0.3, -0.25) is 9.10 Å². The highest BCUT2D eigenvalue weighted by molar-refractivity contribution is 7.93. The maximum absolute atomic E-state index is 13.2. The van der Waals surface area contributed by atoms with Gasteiger partial charge in [0.1, 0.15) is 0 Å². The average Bonchev–Trinajstić information content (AvgIpc) is 3.22. The monoisotopic (exact) mass is 499 g/mol. The van der Waals surface area contributed by atoms with Crippen LogP contribution in [-0.4, -0.2) is 70.4 Å². The molecule has 0 radical (unpaired) electrons. The highest BCUT2D eigenvalue weighted by atomic mass is 32.2. The predicted octanol–water partition coefficient (Wildman–Crippen LogP) is 2.53. The van der Waals surface area contributed by atoms with Crippen molar-refractivity contribution in [3.8, 4) is 0 Å². The van der Waals surface area contributed by atoms with Crippen LogP contribution in [0.25, 0.3) is 10.8 Å². The molecule has 0 bridgehead atoms. The molecule has 0 aromatic heterocycles. The van der Waals surface area contributed by atoms with E-state index in [-0.39, 0.29) is 42.7 Å². The molecule has 0 atom stereocenters. The number of fused-ring (bicyclic) bond motifs is 1. The first kappa shape index (κ1) is 22.8. The Kier molecular flexibility index (Phi) is 5.83. The topological polar surface area (TPSA) is 95.1 Å². The Balaban J connectivity index is 1.26. The number of anilines is 1. The fourth-order valence-electron chi connectivity index (χ4n) is 4.49. The van der Waals surface area contributed by atoms with Gasteiger partial charge in [-0.25, -0.2) is 16.8 Å². The lowest BCUT2D eigenvalue weighted by Gasteiger charge is -2.34. The van der Waals surface area contributed by atoms with Crippen molar-refractivity contribution in [3.05, 3.63) is 72.3 Å². The average molecular weight is 500 g/mol. The Bertz CT molecular complexity index is 1450. The fraction of sp³-hybridized carbons (Fsp3) is 0.292. The molecule has 3 aromatic carbocycles. The van der Waals surface area contributed by atoms with Crippen LogP contribution in [0.5, 0.6) is 0 Å². The first-order valence-electron chi connectivity index (χ1n) is 11.1. The van der Waals surface area contributed by atoms with Gasteiger partial charge in [0.2, 0.25) is 20.0 Å². The molecule has 8 nitrogen and oxygen atoms in total. The van der Waals surface area contributed by atoms with Crippen molar-refractivity contribution in [2.45, 2.75) is 11.3 Å². The van der Waals surface area contributed by atoms with Gasteiger partial charge in [0.25, 0.3) is 5.91 Å². The number of hydrogen-bond acceptors (Lipinski definition) is 5. The van der Waals surface area contributed by atoms with Crippen molar-refractivity contribution in [2.75, 3.05) is 42.8 Å². The number of rotatable bonds is 4. The normalized spacial score (nSPS) is 18.9. The molecule has 2 fully saturated rings. The van der Waals surface area contributed by atoms with Gasteiger partial charge in [-0.2, -0.15) is 4.31 Å². The summed E-state index contributed by atoms with van der Waals surface area (Å²) in [6.45, 7) is 1.45. The molecule has 5 rings (SSSR count). The van der Waals surface area contributed by atoms with Crippen LogP contribution in [0.1, 0.15) is 16.8 Å². The van der Waals surface area contributed by atoms with Crippen LogP contribution in [0.15, 0.2) is 71.6 Å². The number of carbonyl (C=O) groups excluding carboxylic acids is 1. The van der Waals surface area contributed by atoms with E-state index in [1.165, 1.54) is 8.61 Å². The quantitative estimate of drug-likeness (QED) is 0.550. The molecular weight excluding hydrogens is 474 g/mol. The van der Waals surface area contributed by atoms with Gasteiger partial charge >= 0.3 is 0 Å². The molecule has 0 spiro atoms. The summed E-state index contributed by atoms with van der Waals surface area (Å²) in [6, 6.07) is 19.3. The molecule has 2 aliphatic heterocycles. The number of amides is 1. The smallest absolute Gasteiger partial charge is 0.253 e. The first-order chi connectivity index (χ1) is 16.3. The Labute approximate surface area is 199 Å². The fourth-order valence-corrected chi connectivity index (χ4v) is 7.51. The second-order valence-electron chi connectivity index (χ2n) is 8.49. The zero-order chi connectivity index (χ0) is 23.9. The number of nitrogens with zero attached hydrogens (tertiary/aromatic N) is 3. The molecule has 0 saturated carbocycles. The Hall–Kier alpha value is -2.95. The van der Waals surface area contributed by atoms with Gasteiger partial charge in [-0.1, -0.05) is 30.3 Å². The zero-order valence-corrected chi connectivity index (χ0v) is 20.1. The van der Waals surface area contributed by atoms with Crippen LogP contribution >= 0.6 is 0 Å². The van der Waals surface area contributed by atoms with Crippen LogP contribution in [0.4, 0.5) is 5.69 Å². The molecule has 34 heavy (non-hydrogen) atoms. The molecule has 1 amide bonds. The third-order valence-electron chi connectivity index (χ3n) is 6.39. The minimum Gasteiger partial charge on any atom is -0.336 e. The highest BCUT2D eigenvalue weighted by Gasteiger charge is 2.31. The summed E-state index contributed by atoms with van der Waals surface area (Å²) < 4.78 is 53.3. The largest absolute Gasteiger partial charge is 0.336 e. The van der Waals surface area contributed by atoms with E-state index in [0.717, 1.165) is 10.8 Å². The van der Waals surface area contributed by atoms with E-state index >= 15 is 0 Å². The van der Waals surface area contributed by atoms with Gasteiger partial charge < -0.3 is 4.90 Å². The summed E-state index contributed by atoms with van der Waals surface area (Å²) in [7, 11) is -6.93. The van der Waals surface area contributed by atoms with Crippen molar-refractivity contribution < 1.29 is 21.6 Å². The highest BCUT2D eigenvalue weighted by Crippen LogP contribution is 2.26. The minimum absolute atomic E-state index is 0.139. The van der Waals surface area contributed by atoms with E-state index in [9.17, 15) is 21.6 Å². The molecule has 10 heteroatoms. The molecule has 0 aliphatic carbocycles. The van der Waals surface area contributed by atoms with E-state index in [2.05, 4.69) is 0 Å². The summed E-state index contributed by atoms with van der Waals surface area (Å²) in [4.78, 5) is 14.8. The van der Waals surface area contributed by atoms with Crippen LogP contribution in [0, 0.1) is 0 Å². The molecule has 3 aromatic rings. The third kappa shape index (κ3) is 4.17. The summed E-state index contributed by atoms with van der Waals surface area (Å²) >= 11 is 0. The van der Waals surface area contributed by atoms with Crippen molar-refractivity contribution in [1.82, 2.24) is 9.21 Å². The summed E-state index contributed by atoms with van der Waals surface area (Å²) in [5.41, 5.74) is 1.01. The lowest BCUT2D eigenvalue weighted by atomic mass is 10.1. The number of sulfonamides is 2. The van der Waals surface area contributed by atoms with Crippen LogP contribution in [0.2, 0.25) is 0 Å². The number of benzene rings is 3. The van der Waals surface area contributed by atoms with Crippen LogP contribution < -0.4 is 4.31 Å². The molecule has 2 aliphatic rings. The van der Waals surface area contributed by atoms with Crippen molar-refractivity contribution in [3.63, 3.8) is 0 Å². The standard InChI is InChI=1S/C24H25N3O5S2/c28-24(20-6-9-22(10-7-20)27-12-3-17-33(27,29)30)25-13-15-26(16-14-25)34(31,32)23-11-8-19-4-1-2-5-21(19)18-23/h1-2,4-11,18H,3,12-17H2. The van der Waals surface area contributed by atoms with E-state index in [0.29, 0.717) is 24.2 Å². The number of carbonyl (C=O) groups is 1. The molecule has 178 valence electrons. The summed E-state index contributed by atoms with van der Waals surface area (Å²) in [5, 5.41) is 1.84.